The van der Waals surface area contributed by atoms with E-state index < -0.39 is 5.97 Å². The number of hydrogen-bond acceptors (Lipinski definition) is 3. The molecule has 19 heavy (non-hydrogen) atoms. The Morgan fingerprint density at radius 3 is 1.79 bits per heavy atom. The van der Waals surface area contributed by atoms with E-state index in [-0.39, 0.29) is 5.97 Å². The lowest BCUT2D eigenvalue weighted by Crippen LogP contribution is -1.87. The number of carbonyl (C=O) groups is 2. The summed E-state index contributed by atoms with van der Waals surface area (Å²) in [6.45, 7) is 11.1. The molecular weight excluding hydrogens is 244 g/mol. The first-order valence-electron chi connectivity index (χ1n) is 5.28. The molecule has 0 radical (unpaired) electrons. The fourth-order valence-corrected chi connectivity index (χ4v) is 0.706. The van der Waals surface area contributed by atoms with Crippen LogP contribution in [0.15, 0.2) is 62.4 Å². The Kier molecular flexibility index (Phi) is 13.3. The van der Waals surface area contributed by atoms with E-state index in [0.717, 1.165) is 12.3 Å². The summed E-state index contributed by atoms with van der Waals surface area (Å²) in [6.07, 6.45) is 3.77. The summed E-state index contributed by atoms with van der Waals surface area (Å²) in [4.78, 5) is 19.0. The highest BCUT2D eigenvalue weighted by molar-refractivity contribution is 5.78. The van der Waals surface area contributed by atoms with Crippen molar-refractivity contribution in [1.29, 1.82) is 0 Å². The van der Waals surface area contributed by atoms with Gasteiger partial charge in [-0.2, -0.15) is 0 Å². The molecule has 1 rings (SSSR count). The SMILES string of the molecule is C=CC(=O)O.C=COC(C)=O.C=Cc1ccccc1. The number of carboxylic acids is 1. The summed E-state index contributed by atoms with van der Waals surface area (Å²) in [5.74, 6) is -1.31. The fraction of sp³-hybridized carbons (Fsp3) is 0.0667. The van der Waals surface area contributed by atoms with Crippen molar-refractivity contribution >= 4 is 18.0 Å². The Hall–Kier alpha value is -2.62. The van der Waals surface area contributed by atoms with Crippen molar-refractivity contribution < 1.29 is 19.4 Å². The van der Waals surface area contributed by atoms with Gasteiger partial charge < -0.3 is 9.84 Å². The lowest BCUT2D eigenvalue weighted by atomic mass is 10.2. The van der Waals surface area contributed by atoms with E-state index in [1.165, 1.54) is 12.5 Å². The highest BCUT2D eigenvalue weighted by atomic mass is 16.5. The molecular formula is C15H18O4. The number of rotatable bonds is 3. The minimum absolute atomic E-state index is 0.329. The summed E-state index contributed by atoms with van der Waals surface area (Å²) < 4.78 is 4.17. The molecule has 1 aromatic carbocycles. The Balaban J connectivity index is 0. The third-order valence-corrected chi connectivity index (χ3v) is 1.46. The van der Waals surface area contributed by atoms with Crippen molar-refractivity contribution in [1.82, 2.24) is 0 Å². The average molecular weight is 262 g/mol. The Labute approximate surface area is 113 Å². The minimum atomic E-state index is -0.981. The standard InChI is InChI=1S/C8H8.C4H6O2.C3H4O2/c1-2-8-6-4-3-5-7-8;1-3-6-4(2)5;1-2-3(4)5/h2-7H,1H2;3H,1H2,2H3;2H,1H2,(H,4,5). The molecule has 0 spiro atoms. The van der Waals surface area contributed by atoms with E-state index in [1.807, 2.05) is 36.4 Å². The third-order valence-electron chi connectivity index (χ3n) is 1.46. The van der Waals surface area contributed by atoms with Gasteiger partial charge in [0.1, 0.15) is 0 Å². The van der Waals surface area contributed by atoms with Gasteiger partial charge in [0.25, 0.3) is 0 Å². The molecule has 0 aliphatic rings. The molecule has 4 nitrogen and oxygen atoms in total. The number of carbonyl (C=O) groups excluding carboxylic acids is 1. The molecule has 0 saturated heterocycles. The molecule has 0 heterocycles. The van der Waals surface area contributed by atoms with Crippen molar-refractivity contribution in [2.75, 3.05) is 0 Å². The van der Waals surface area contributed by atoms with Crippen molar-refractivity contribution in [3.05, 3.63) is 68.0 Å². The van der Waals surface area contributed by atoms with Gasteiger partial charge in [-0.1, -0.05) is 56.1 Å². The zero-order valence-corrected chi connectivity index (χ0v) is 10.9. The number of ether oxygens (including phenoxy) is 1. The molecule has 0 unspecified atom stereocenters. The van der Waals surface area contributed by atoms with E-state index in [0.29, 0.717) is 0 Å². The normalized spacial score (nSPS) is 7.42. The third kappa shape index (κ3) is 18.0. The maximum Gasteiger partial charge on any atom is 0.327 e. The van der Waals surface area contributed by atoms with Crippen LogP contribution in [0.1, 0.15) is 12.5 Å². The summed E-state index contributed by atoms with van der Waals surface area (Å²) in [5, 5.41) is 7.60. The summed E-state index contributed by atoms with van der Waals surface area (Å²) in [7, 11) is 0. The second-order valence-electron chi connectivity index (χ2n) is 2.93. The van der Waals surface area contributed by atoms with Crippen LogP contribution in [-0.2, 0) is 14.3 Å². The van der Waals surface area contributed by atoms with Crippen molar-refractivity contribution in [2.24, 2.45) is 0 Å². The monoisotopic (exact) mass is 262 g/mol. The number of benzene rings is 1. The van der Waals surface area contributed by atoms with Crippen LogP contribution < -0.4 is 0 Å². The van der Waals surface area contributed by atoms with Gasteiger partial charge in [0.2, 0.25) is 0 Å². The Bertz CT molecular complexity index is 407. The number of hydrogen-bond donors (Lipinski definition) is 1. The number of aliphatic carboxylic acids is 1. The van der Waals surface area contributed by atoms with Crippen LogP contribution in [0.5, 0.6) is 0 Å². The molecule has 0 atom stereocenters. The first-order chi connectivity index (χ1) is 8.97. The van der Waals surface area contributed by atoms with Crippen molar-refractivity contribution in [3.63, 3.8) is 0 Å². The van der Waals surface area contributed by atoms with E-state index >= 15 is 0 Å². The molecule has 0 amide bonds. The first-order valence-corrected chi connectivity index (χ1v) is 5.28. The summed E-state index contributed by atoms with van der Waals surface area (Å²) in [6, 6.07) is 10.0. The van der Waals surface area contributed by atoms with Gasteiger partial charge in [-0.3, -0.25) is 4.79 Å². The highest BCUT2D eigenvalue weighted by Gasteiger charge is 1.79. The molecule has 0 aliphatic heterocycles. The molecule has 0 fully saturated rings. The van der Waals surface area contributed by atoms with Crippen LogP contribution in [0, 0.1) is 0 Å². The van der Waals surface area contributed by atoms with Crippen LogP contribution in [0.25, 0.3) is 6.08 Å². The van der Waals surface area contributed by atoms with Gasteiger partial charge in [0.05, 0.1) is 6.26 Å². The minimum Gasteiger partial charge on any atom is -0.478 e. The molecule has 0 aliphatic carbocycles. The van der Waals surface area contributed by atoms with E-state index in [2.05, 4.69) is 24.5 Å². The maximum absolute atomic E-state index is 9.75. The smallest absolute Gasteiger partial charge is 0.327 e. The highest BCUT2D eigenvalue weighted by Crippen LogP contribution is 1.97. The van der Waals surface area contributed by atoms with Crippen LogP contribution >= 0.6 is 0 Å². The quantitative estimate of drug-likeness (QED) is 0.516. The first kappa shape index (κ1) is 18.7. The molecule has 1 aromatic rings. The predicted molar refractivity (Wildman–Crippen MR) is 76.3 cm³/mol. The molecule has 0 saturated carbocycles. The van der Waals surface area contributed by atoms with Crippen molar-refractivity contribution in [3.8, 4) is 0 Å². The maximum atomic E-state index is 9.75. The zero-order chi connectivity index (χ0) is 15.1. The molecule has 0 aromatic heterocycles. The fourth-order valence-electron chi connectivity index (χ4n) is 0.706. The second kappa shape index (κ2) is 13.4. The second-order valence-corrected chi connectivity index (χ2v) is 2.93. The van der Waals surface area contributed by atoms with Gasteiger partial charge in [0, 0.05) is 13.0 Å². The molecule has 4 heteroatoms. The van der Waals surface area contributed by atoms with Gasteiger partial charge in [-0.15, -0.1) is 0 Å². The predicted octanol–water partition coefficient (Wildman–Crippen LogP) is 3.28. The largest absolute Gasteiger partial charge is 0.478 e. The molecule has 102 valence electrons. The van der Waals surface area contributed by atoms with Gasteiger partial charge >= 0.3 is 11.9 Å². The van der Waals surface area contributed by atoms with E-state index in [9.17, 15) is 9.59 Å². The van der Waals surface area contributed by atoms with Crippen LogP contribution in [0.2, 0.25) is 0 Å². The Morgan fingerprint density at radius 1 is 1.16 bits per heavy atom. The topological polar surface area (TPSA) is 63.6 Å². The van der Waals surface area contributed by atoms with Crippen LogP contribution in [0.4, 0.5) is 0 Å². The lowest BCUT2D eigenvalue weighted by Gasteiger charge is -1.85. The number of carboxylic acid groups (broad SMARTS) is 1. The summed E-state index contributed by atoms with van der Waals surface area (Å²) >= 11 is 0. The van der Waals surface area contributed by atoms with E-state index in [1.54, 1.807) is 0 Å². The Morgan fingerprint density at radius 2 is 1.63 bits per heavy atom. The van der Waals surface area contributed by atoms with Crippen LogP contribution in [0.3, 0.4) is 0 Å². The van der Waals surface area contributed by atoms with Gasteiger partial charge in [0.15, 0.2) is 0 Å². The zero-order valence-electron chi connectivity index (χ0n) is 10.9. The molecule has 1 N–H and O–H groups in total. The van der Waals surface area contributed by atoms with Gasteiger partial charge in [-0.05, 0) is 5.56 Å². The van der Waals surface area contributed by atoms with Crippen LogP contribution in [-0.4, -0.2) is 17.0 Å². The van der Waals surface area contributed by atoms with Crippen molar-refractivity contribution in [2.45, 2.75) is 6.92 Å². The summed E-state index contributed by atoms with van der Waals surface area (Å²) in [5.41, 5.74) is 1.17. The average Bonchev–Trinajstić information content (AvgIpc) is 2.41. The van der Waals surface area contributed by atoms with Gasteiger partial charge in [-0.25, -0.2) is 4.79 Å². The molecule has 0 bridgehead atoms. The van der Waals surface area contributed by atoms with E-state index in [4.69, 9.17) is 5.11 Å². The lowest BCUT2D eigenvalue weighted by molar-refractivity contribution is -0.135. The number of esters is 1.